The number of allylic oxidation sites excluding steroid dienone is 1. The molecule has 2 N–H and O–H groups in total. The van der Waals surface area contributed by atoms with Gasteiger partial charge in [0.15, 0.2) is 5.11 Å². The summed E-state index contributed by atoms with van der Waals surface area (Å²) in [6, 6.07) is 12.6. The van der Waals surface area contributed by atoms with Crippen LogP contribution in [0, 0.1) is 5.82 Å². The summed E-state index contributed by atoms with van der Waals surface area (Å²) < 4.78 is 18.5. The Kier molecular flexibility index (Phi) is 5.41. The summed E-state index contributed by atoms with van der Waals surface area (Å²) in [4.78, 5) is 14.8. The molecule has 0 fully saturated rings. The summed E-state index contributed by atoms with van der Waals surface area (Å²) in [5, 5.41) is 6.57. The number of methoxy groups -OCH3 is 1. The van der Waals surface area contributed by atoms with Gasteiger partial charge in [0.25, 0.3) is 5.91 Å². The summed E-state index contributed by atoms with van der Waals surface area (Å²) in [5.41, 5.74) is 2.66. The lowest BCUT2D eigenvalue weighted by Gasteiger charge is -2.35. The zero-order valence-electron chi connectivity index (χ0n) is 15.2. The van der Waals surface area contributed by atoms with E-state index in [4.69, 9.17) is 17.0 Å². The van der Waals surface area contributed by atoms with Crippen LogP contribution in [0.4, 0.5) is 10.1 Å². The van der Waals surface area contributed by atoms with Crippen molar-refractivity contribution in [2.45, 2.75) is 13.0 Å². The molecule has 5 nitrogen and oxygen atoms in total. The van der Waals surface area contributed by atoms with Crippen molar-refractivity contribution < 1.29 is 13.9 Å². The molecule has 3 rings (SSSR count). The molecule has 140 valence electrons. The molecule has 0 saturated carbocycles. The van der Waals surface area contributed by atoms with Crippen LogP contribution in [0.15, 0.2) is 59.8 Å². The van der Waals surface area contributed by atoms with Crippen molar-refractivity contribution in [1.29, 1.82) is 0 Å². The second-order valence-corrected chi connectivity index (χ2v) is 6.56. The van der Waals surface area contributed by atoms with E-state index in [-0.39, 0.29) is 11.7 Å². The first-order valence-electron chi connectivity index (χ1n) is 8.36. The first-order valence-corrected chi connectivity index (χ1v) is 8.77. The number of benzene rings is 2. The molecule has 7 heteroatoms. The van der Waals surface area contributed by atoms with Gasteiger partial charge in [-0.15, -0.1) is 0 Å². The predicted octanol–water partition coefficient (Wildman–Crippen LogP) is 3.61. The van der Waals surface area contributed by atoms with Crippen LogP contribution in [0.1, 0.15) is 18.5 Å². The molecule has 1 amide bonds. The van der Waals surface area contributed by atoms with Gasteiger partial charge < -0.3 is 20.3 Å². The summed E-state index contributed by atoms with van der Waals surface area (Å²) >= 11 is 5.37. The van der Waals surface area contributed by atoms with E-state index < -0.39 is 6.04 Å². The third-order valence-corrected chi connectivity index (χ3v) is 4.94. The number of carbonyl (C=O) groups excluding carboxylic acids is 1. The average Bonchev–Trinajstić information content (AvgIpc) is 2.67. The van der Waals surface area contributed by atoms with Crippen molar-refractivity contribution in [3.05, 3.63) is 71.2 Å². The Hall–Kier alpha value is -2.93. The molecule has 2 aromatic rings. The standard InChI is InChI=1S/C20H20FN3O2S/c1-12-17(19(25)22-15-8-10-16(26-3)11-9-15)18(23-20(27)24(12)2)13-4-6-14(21)7-5-13/h4-11,18H,1-3H3,(H,22,25)(H,23,27). The van der Waals surface area contributed by atoms with Crippen LogP contribution in [-0.4, -0.2) is 30.1 Å². The fourth-order valence-corrected chi connectivity index (χ4v) is 3.16. The van der Waals surface area contributed by atoms with Crippen LogP contribution in [0.5, 0.6) is 5.75 Å². The van der Waals surface area contributed by atoms with Crippen molar-refractivity contribution >= 4 is 28.9 Å². The fourth-order valence-electron chi connectivity index (χ4n) is 2.91. The number of amides is 1. The molecule has 1 aliphatic heterocycles. The topological polar surface area (TPSA) is 53.6 Å². The Balaban J connectivity index is 1.94. The molecule has 1 aliphatic rings. The van der Waals surface area contributed by atoms with Gasteiger partial charge in [0.1, 0.15) is 11.6 Å². The maximum Gasteiger partial charge on any atom is 0.255 e. The van der Waals surface area contributed by atoms with Crippen LogP contribution in [0.25, 0.3) is 0 Å². The summed E-state index contributed by atoms with van der Waals surface area (Å²) in [7, 11) is 3.38. The number of thiocarbonyl (C=S) groups is 1. The third kappa shape index (κ3) is 3.93. The SMILES string of the molecule is COc1ccc(NC(=O)C2=C(C)N(C)C(=S)NC2c2ccc(F)cc2)cc1. The van der Waals surface area contributed by atoms with Crippen LogP contribution < -0.4 is 15.4 Å². The third-order valence-electron chi connectivity index (χ3n) is 4.55. The molecule has 1 atom stereocenters. The first-order chi connectivity index (χ1) is 12.9. The van der Waals surface area contributed by atoms with Crippen molar-refractivity contribution in [3.63, 3.8) is 0 Å². The van der Waals surface area contributed by atoms with Crippen LogP contribution in [-0.2, 0) is 4.79 Å². The second-order valence-electron chi connectivity index (χ2n) is 6.17. The molecule has 0 radical (unpaired) electrons. The monoisotopic (exact) mass is 385 g/mol. The van der Waals surface area contributed by atoms with Gasteiger partial charge in [0.2, 0.25) is 0 Å². The highest BCUT2D eigenvalue weighted by atomic mass is 32.1. The normalized spacial score (nSPS) is 16.8. The maximum atomic E-state index is 13.3. The molecule has 1 heterocycles. The Labute approximate surface area is 162 Å². The smallest absolute Gasteiger partial charge is 0.255 e. The van der Waals surface area contributed by atoms with Gasteiger partial charge in [0.05, 0.1) is 18.7 Å². The molecule has 2 aromatic carbocycles. The zero-order chi connectivity index (χ0) is 19.6. The molecule has 0 bridgehead atoms. The van der Waals surface area contributed by atoms with E-state index in [0.29, 0.717) is 22.1 Å². The molecule has 0 aliphatic carbocycles. The van der Waals surface area contributed by atoms with Gasteiger partial charge in [-0.25, -0.2) is 4.39 Å². The molecule has 27 heavy (non-hydrogen) atoms. The molecule has 0 spiro atoms. The van der Waals surface area contributed by atoms with E-state index in [1.165, 1.54) is 12.1 Å². The number of carbonyl (C=O) groups is 1. The lowest BCUT2D eigenvalue weighted by atomic mass is 9.94. The number of nitrogens with zero attached hydrogens (tertiary/aromatic N) is 1. The van der Waals surface area contributed by atoms with Gasteiger partial charge >= 0.3 is 0 Å². The summed E-state index contributed by atoms with van der Waals surface area (Å²) in [6.07, 6.45) is 0. The zero-order valence-corrected chi connectivity index (χ0v) is 16.1. The number of ether oxygens (including phenoxy) is 1. The molecule has 0 saturated heterocycles. The average molecular weight is 385 g/mol. The Morgan fingerprint density at radius 2 is 1.81 bits per heavy atom. The van der Waals surface area contributed by atoms with E-state index >= 15 is 0 Å². The number of hydrogen-bond acceptors (Lipinski definition) is 3. The van der Waals surface area contributed by atoms with E-state index in [1.807, 2.05) is 6.92 Å². The highest BCUT2D eigenvalue weighted by molar-refractivity contribution is 7.80. The van der Waals surface area contributed by atoms with E-state index in [9.17, 15) is 9.18 Å². The van der Waals surface area contributed by atoms with Gasteiger partial charge in [-0.05, 0) is 61.1 Å². The van der Waals surface area contributed by atoms with Crippen molar-refractivity contribution in [2.75, 3.05) is 19.5 Å². The highest BCUT2D eigenvalue weighted by Gasteiger charge is 2.32. The Bertz CT molecular complexity index is 894. The molecular formula is C20H20FN3O2S. The van der Waals surface area contributed by atoms with Crippen molar-refractivity contribution in [3.8, 4) is 5.75 Å². The van der Waals surface area contributed by atoms with E-state index in [0.717, 1.165) is 11.3 Å². The van der Waals surface area contributed by atoms with Crippen LogP contribution >= 0.6 is 12.2 Å². The van der Waals surface area contributed by atoms with Crippen molar-refractivity contribution in [1.82, 2.24) is 10.2 Å². The lowest BCUT2D eigenvalue weighted by Crippen LogP contribution is -2.46. The molecular weight excluding hydrogens is 365 g/mol. The molecule has 1 unspecified atom stereocenters. The predicted molar refractivity (Wildman–Crippen MR) is 107 cm³/mol. The van der Waals surface area contributed by atoms with Crippen LogP contribution in [0.3, 0.4) is 0 Å². The minimum absolute atomic E-state index is 0.256. The Morgan fingerprint density at radius 3 is 2.41 bits per heavy atom. The number of nitrogens with one attached hydrogen (secondary N) is 2. The van der Waals surface area contributed by atoms with Crippen LogP contribution in [0.2, 0.25) is 0 Å². The van der Waals surface area contributed by atoms with Gasteiger partial charge in [-0.2, -0.15) is 0 Å². The van der Waals surface area contributed by atoms with E-state index in [2.05, 4.69) is 10.6 Å². The largest absolute Gasteiger partial charge is 0.497 e. The van der Waals surface area contributed by atoms with Gasteiger partial charge in [-0.3, -0.25) is 4.79 Å². The lowest BCUT2D eigenvalue weighted by molar-refractivity contribution is -0.113. The molecule has 0 aromatic heterocycles. The number of halogens is 1. The second kappa shape index (κ2) is 7.75. The minimum Gasteiger partial charge on any atom is -0.497 e. The van der Waals surface area contributed by atoms with Crippen molar-refractivity contribution in [2.24, 2.45) is 0 Å². The number of hydrogen-bond donors (Lipinski definition) is 2. The maximum absolute atomic E-state index is 13.3. The van der Waals surface area contributed by atoms with Gasteiger partial charge in [-0.1, -0.05) is 12.1 Å². The summed E-state index contributed by atoms with van der Waals surface area (Å²) in [6.45, 7) is 1.84. The Morgan fingerprint density at radius 1 is 1.19 bits per heavy atom. The summed E-state index contributed by atoms with van der Waals surface area (Å²) in [5.74, 6) is 0.116. The first kappa shape index (κ1) is 18.8. The number of anilines is 1. The van der Waals surface area contributed by atoms with E-state index in [1.54, 1.807) is 55.5 Å². The van der Waals surface area contributed by atoms with Gasteiger partial charge in [0, 0.05) is 18.4 Å². The number of rotatable bonds is 4. The quantitative estimate of drug-likeness (QED) is 0.788. The fraction of sp³-hybridized carbons (Fsp3) is 0.200. The minimum atomic E-state index is -0.465. The highest BCUT2D eigenvalue weighted by Crippen LogP contribution is 2.31.